The van der Waals surface area contributed by atoms with E-state index in [2.05, 4.69) is 16.4 Å². The average molecular weight is 558 g/mol. The van der Waals surface area contributed by atoms with Crippen molar-refractivity contribution in [1.82, 2.24) is 24.0 Å². The van der Waals surface area contributed by atoms with Gasteiger partial charge in [0, 0.05) is 33.4 Å². The predicted molar refractivity (Wildman–Crippen MR) is 148 cm³/mol. The Hall–Kier alpha value is -3.34. The van der Waals surface area contributed by atoms with Crippen LogP contribution in [0.2, 0.25) is 0 Å². The third kappa shape index (κ3) is 4.91. The number of piperidine rings is 1. The largest absolute Gasteiger partial charge is 0.342 e. The molecule has 1 aromatic carbocycles. The lowest BCUT2D eigenvalue weighted by Gasteiger charge is -2.41. The summed E-state index contributed by atoms with van der Waals surface area (Å²) in [6.45, 7) is 2.80. The van der Waals surface area contributed by atoms with Crippen molar-refractivity contribution in [3.8, 4) is 6.07 Å². The van der Waals surface area contributed by atoms with Crippen LogP contribution in [-0.2, 0) is 20.4 Å². The molecule has 0 radical (unpaired) electrons. The first-order valence-corrected chi connectivity index (χ1v) is 14.9. The summed E-state index contributed by atoms with van der Waals surface area (Å²) in [7, 11) is -0.885. The maximum atomic E-state index is 13.0. The maximum Gasteiger partial charge on any atom is 0.261 e. The number of para-hydroxylation sites is 1. The lowest BCUT2D eigenvalue weighted by molar-refractivity contribution is -0.132. The number of hydrogen-bond acceptors (Lipinski definition) is 8. The van der Waals surface area contributed by atoms with Crippen LogP contribution in [0, 0.1) is 11.3 Å². The number of carbonyl (C=O) groups excluding carboxylic acids is 1. The number of thioether (sulfide) groups is 1. The molecule has 2 N–H and O–H groups in total. The molecular weight excluding hydrogens is 526 g/mol. The number of fused-ring (bicyclic) bond motifs is 1. The zero-order valence-electron chi connectivity index (χ0n) is 21.8. The molecule has 1 fully saturated rings. The van der Waals surface area contributed by atoms with Crippen LogP contribution < -0.4 is 10.9 Å². The van der Waals surface area contributed by atoms with Crippen LogP contribution in [-0.4, -0.2) is 77.0 Å². The van der Waals surface area contributed by atoms with Crippen molar-refractivity contribution in [3.05, 3.63) is 46.9 Å². The van der Waals surface area contributed by atoms with Crippen molar-refractivity contribution in [3.63, 3.8) is 0 Å². The van der Waals surface area contributed by atoms with Crippen LogP contribution in [0.5, 0.6) is 0 Å². The van der Waals surface area contributed by atoms with Gasteiger partial charge in [0.05, 0.1) is 34.5 Å². The lowest BCUT2D eigenvalue weighted by Crippen LogP contribution is -2.50. The second-order valence-corrected chi connectivity index (χ2v) is 12.8. The number of nitrogens with zero attached hydrogens (tertiary/aromatic N) is 5. The normalized spacial score (nSPS) is 16.4. The van der Waals surface area contributed by atoms with Gasteiger partial charge in [0.25, 0.3) is 5.56 Å². The summed E-state index contributed by atoms with van der Waals surface area (Å²) in [5.41, 5.74) is -0.332. The fourth-order valence-electron chi connectivity index (χ4n) is 4.76. The smallest absolute Gasteiger partial charge is 0.261 e. The van der Waals surface area contributed by atoms with Gasteiger partial charge in [-0.1, -0.05) is 12.1 Å². The Labute approximate surface area is 225 Å². The van der Waals surface area contributed by atoms with Gasteiger partial charge in [0.15, 0.2) is 5.82 Å². The van der Waals surface area contributed by atoms with Crippen molar-refractivity contribution >= 4 is 50.1 Å². The van der Waals surface area contributed by atoms with Crippen LogP contribution in [0.4, 0.5) is 11.5 Å². The van der Waals surface area contributed by atoms with E-state index in [-0.39, 0.29) is 39.4 Å². The van der Waals surface area contributed by atoms with E-state index >= 15 is 0 Å². The molecule has 11 nitrogen and oxygen atoms in total. The standard InChI is InChI=1S/C25H31N7O4S2/c1-17(37-4)24(34)31-15-11-25(10-13-26,12-16-31)32-19-9-14-27-23(33)21(19)22(29-32)28-18-7-5-6-8-20(18)38(35,36)30(2)3/h5-9,14,17H,10-12,15-16H2,1-4H3,(H,27,33)(H,28,29). The lowest BCUT2D eigenvalue weighted by atomic mass is 9.84. The molecule has 0 aliphatic carbocycles. The van der Waals surface area contributed by atoms with E-state index < -0.39 is 21.1 Å². The molecule has 1 aliphatic rings. The fourth-order valence-corrected chi connectivity index (χ4v) is 6.15. The first kappa shape index (κ1) is 27.7. The van der Waals surface area contributed by atoms with Crippen LogP contribution in [0.25, 0.3) is 10.9 Å². The second-order valence-electron chi connectivity index (χ2n) is 9.50. The molecule has 0 spiro atoms. The fraction of sp³-hybridized carbons (Fsp3) is 0.440. The van der Waals surface area contributed by atoms with E-state index in [1.54, 1.807) is 28.9 Å². The number of rotatable bonds is 8. The zero-order valence-corrected chi connectivity index (χ0v) is 23.4. The molecule has 1 saturated heterocycles. The predicted octanol–water partition coefficient (Wildman–Crippen LogP) is 2.70. The number of likely N-dealkylation sites (tertiary alicyclic amines) is 1. The van der Waals surface area contributed by atoms with E-state index in [1.165, 1.54) is 38.1 Å². The van der Waals surface area contributed by atoms with Crippen LogP contribution in [0.15, 0.2) is 46.2 Å². The second kappa shape index (κ2) is 10.8. The molecule has 1 amide bonds. The summed E-state index contributed by atoms with van der Waals surface area (Å²) in [5, 5.41) is 17.7. The van der Waals surface area contributed by atoms with E-state index in [9.17, 15) is 23.3 Å². The molecule has 3 heterocycles. The van der Waals surface area contributed by atoms with Crippen molar-refractivity contribution < 1.29 is 13.2 Å². The van der Waals surface area contributed by atoms with Gasteiger partial charge in [-0.05, 0) is 44.2 Å². The van der Waals surface area contributed by atoms with Crippen molar-refractivity contribution in [2.75, 3.05) is 38.8 Å². The topological polar surface area (TPSA) is 144 Å². The Morgan fingerprint density at radius 2 is 1.97 bits per heavy atom. The molecule has 2 aromatic heterocycles. The van der Waals surface area contributed by atoms with Crippen LogP contribution in [0.1, 0.15) is 26.2 Å². The van der Waals surface area contributed by atoms with Gasteiger partial charge in [0.1, 0.15) is 10.3 Å². The number of sulfonamides is 1. The number of pyridine rings is 1. The highest BCUT2D eigenvalue weighted by Gasteiger charge is 2.40. The number of aromatic nitrogens is 3. The van der Waals surface area contributed by atoms with Crippen LogP contribution in [0.3, 0.4) is 0 Å². The van der Waals surface area contributed by atoms with E-state index in [1.807, 2.05) is 18.1 Å². The quantitative estimate of drug-likeness (QED) is 0.430. The molecule has 1 atom stereocenters. The van der Waals surface area contributed by atoms with E-state index in [4.69, 9.17) is 5.10 Å². The first-order valence-electron chi connectivity index (χ1n) is 12.1. The van der Waals surface area contributed by atoms with E-state index in [0.717, 1.165) is 4.31 Å². The zero-order chi connectivity index (χ0) is 27.7. The Morgan fingerprint density at radius 3 is 2.61 bits per heavy atom. The number of amides is 1. The number of hydrogen-bond donors (Lipinski definition) is 2. The number of aromatic amines is 1. The highest BCUT2D eigenvalue weighted by molar-refractivity contribution is 7.99. The summed E-state index contributed by atoms with van der Waals surface area (Å²) < 4.78 is 28.7. The van der Waals surface area contributed by atoms with Gasteiger partial charge in [-0.2, -0.15) is 22.1 Å². The number of carbonyl (C=O) groups is 1. The van der Waals surface area contributed by atoms with Crippen LogP contribution >= 0.6 is 11.8 Å². The van der Waals surface area contributed by atoms with Crippen molar-refractivity contribution in [1.29, 1.82) is 5.26 Å². The minimum atomic E-state index is -3.78. The van der Waals surface area contributed by atoms with Gasteiger partial charge in [-0.3, -0.25) is 14.3 Å². The Bertz CT molecular complexity index is 1550. The number of benzene rings is 1. The third-order valence-electron chi connectivity index (χ3n) is 7.07. The highest BCUT2D eigenvalue weighted by Crippen LogP contribution is 2.38. The average Bonchev–Trinajstić information content (AvgIpc) is 3.28. The van der Waals surface area contributed by atoms with Gasteiger partial charge in [-0.15, -0.1) is 0 Å². The van der Waals surface area contributed by atoms with Crippen molar-refractivity contribution in [2.24, 2.45) is 0 Å². The molecule has 202 valence electrons. The molecule has 38 heavy (non-hydrogen) atoms. The summed E-state index contributed by atoms with van der Waals surface area (Å²) >= 11 is 1.49. The van der Waals surface area contributed by atoms with Gasteiger partial charge in [-0.25, -0.2) is 12.7 Å². The Morgan fingerprint density at radius 1 is 1.29 bits per heavy atom. The number of H-pyrrole nitrogens is 1. The molecule has 0 bridgehead atoms. The molecule has 1 aliphatic heterocycles. The van der Waals surface area contributed by atoms with Gasteiger partial charge < -0.3 is 15.2 Å². The molecule has 3 aromatic rings. The molecular formula is C25H31N7O4S2. The van der Waals surface area contributed by atoms with Gasteiger partial charge >= 0.3 is 0 Å². The number of anilines is 2. The number of nitrogens with one attached hydrogen (secondary N) is 2. The summed E-state index contributed by atoms with van der Waals surface area (Å²) in [6, 6.07) is 10.4. The summed E-state index contributed by atoms with van der Waals surface area (Å²) in [4.78, 5) is 30.3. The Balaban J connectivity index is 1.80. The minimum absolute atomic E-state index is 0.0431. The van der Waals surface area contributed by atoms with Gasteiger partial charge in [0.2, 0.25) is 15.9 Å². The Kier molecular flexibility index (Phi) is 7.87. The molecule has 13 heteroatoms. The highest BCUT2D eigenvalue weighted by atomic mass is 32.2. The molecule has 1 unspecified atom stereocenters. The SMILES string of the molecule is CSC(C)C(=O)N1CCC(CC#N)(n2nc(Nc3ccccc3S(=O)(=O)N(C)C)c3c(=O)[nH]ccc32)CC1. The third-order valence-corrected chi connectivity index (χ3v) is 9.85. The monoisotopic (exact) mass is 557 g/mol. The molecule has 0 saturated carbocycles. The molecule has 4 rings (SSSR count). The van der Waals surface area contributed by atoms with Crippen molar-refractivity contribution in [2.45, 2.75) is 41.9 Å². The number of nitriles is 1. The minimum Gasteiger partial charge on any atom is -0.342 e. The maximum absolute atomic E-state index is 13.0. The van der Waals surface area contributed by atoms with E-state index in [0.29, 0.717) is 31.4 Å². The summed E-state index contributed by atoms with van der Waals surface area (Å²) in [5.74, 6) is 0.251. The summed E-state index contributed by atoms with van der Waals surface area (Å²) in [6.07, 6.45) is 4.54. The first-order chi connectivity index (χ1) is 18.1.